The van der Waals surface area contributed by atoms with E-state index >= 15 is 0 Å². The molecule has 3 aromatic rings. The number of rotatable bonds is 3. The van der Waals surface area contributed by atoms with Gasteiger partial charge in [0.2, 0.25) is 5.95 Å². The van der Waals surface area contributed by atoms with Gasteiger partial charge in [-0.2, -0.15) is 18.3 Å². The van der Waals surface area contributed by atoms with E-state index in [1.807, 2.05) is 0 Å². The topological polar surface area (TPSA) is 88.3 Å². The van der Waals surface area contributed by atoms with Gasteiger partial charge in [0.05, 0.1) is 22.9 Å². The first-order chi connectivity index (χ1) is 14.7. The number of aromatic nitrogens is 5. The highest BCUT2D eigenvalue weighted by atomic mass is 19.4. The molecule has 31 heavy (non-hydrogen) atoms. The normalized spacial score (nSPS) is 19.2. The average molecular weight is 434 g/mol. The molecule has 1 amide bonds. The van der Waals surface area contributed by atoms with Crippen LogP contribution < -0.4 is 5.56 Å². The van der Waals surface area contributed by atoms with Crippen LogP contribution in [0.4, 0.5) is 13.2 Å². The minimum Gasteiger partial charge on any atom is -0.339 e. The number of hydrogen-bond donors (Lipinski definition) is 1. The quantitative estimate of drug-likeness (QED) is 0.687. The molecule has 0 bridgehead atoms. The number of carbonyl (C=O) groups excluding carboxylic acids is 1. The molecule has 0 radical (unpaired) electrons. The van der Waals surface area contributed by atoms with E-state index in [1.54, 1.807) is 30.2 Å². The highest BCUT2D eigenvalue weighted by Gasteiger charge is 2.66. The third-order valence-electron chi connectivity index (χ3n) is 6.75. The lowest BCUT2D eigenvalue weighted by atomic mass is 9.81. The van der Waals surface area contributed by atoms with Crippen LogP contribution in [0.15, 0.2) is 29.3 Å². The average Bonchev–Trinajstić information content (AvgIpc) is 3.28. The maximum absolute atomic E-state index is 13.4. The van der Waals surface area contributed by atoms with E-state index in [0.29, 0.717) is 29.6 Å². The van der Waals surface area contributed by atoms with Gasteiger partial charge in [-0.25, -0.2) is 9.20 Å². The van der Waals surface area contributed by atoms with Crippen LogP contribution in [0.3, 0.4) is 0 Å². The summed E-state index contributed by atoms with van der Waals surface area (Å²) in [4.78, 5) is 29.5. The third kappa shape index (κ3) is 3.05. The predicted molar refractivity (Wildman–Crippen MR) is 104 cm³/mol. The SMILES string of the molecule is Cc1c(C(=O)N2CCC(C3(C(F)(F)F)CC3)CC2)cnn1-c1nn2cccc2c(=O)[nH]1. The van der Waals surface area contributed by atoms with Crippen molar-refractivity contribution in [2.24, 2.45) is 11.3 Å². The fourth-order valence-corrected chi connectivity index (χ4v) is 4.72. The molecule has 1 saturated heterocycles. The number of H-pyrrole nitrogens is 1. The zero-order chi connectivity index (χ0) is 22.0. The molecule has 1 saturated carbocycles. The van der Waals surface area contributed by atoms with Gasteiger partial charge in [0.1, 0.15) is 5.52 Å². The van der Waals surface area contributed by atoms with E-state index in [4.69, 9.17) is 0 Å². The summed E-state index contributed by atoms with van der Waals surface area (Å²) in [7, 11) is 0. The number of likely N-dealkylation sites (tertiary alicyclic amines) is 1. The first-order valence-corrected chi connectivity index (χ1v) is 10.2. The molecule has 4 heterocycles. The molecule has 1 aliphatic carbocycles. The van der Waals surface area contributed by atoms with Crippen LogP contribution >= 0.6 is 0 Å². The van der Waals surface area contributed by atoms with Crippen molar-refractivity contribution in [1.82, 2.24) is 29.3 Å². The fourth-order valence-electron chi connectivity index (χ4n) is 4.72. The van der Waals surface area contributed by atoms with Gasteiger partial charge in [-0.15, -0.1) is 5.10 Å². The van der Waals surface area contributed by atoms with E-state index in [-0.39, 0.29) is 43.3 Å². The van der Waals surface area contributed by atoms with Crippen molar-refractivity contribution in [3.8, 4) is 5.95 Å². The first kappa shape index (κ1) is 19.8. The van der Waals surface area contributed by atoms with Gasteiger partial charge < -0.3 is 4.90 Å². The third-order valence-corrected chi connectivity index (χ3v) is 6.75. The summed E-state index contributed by atoms with van der Waals surface area (Å²) in [5.74, 6) is -0.531. The number of nitrogens with zero attached hydrogens (tertiary/aromatic N) is 5. The van der Waals surface area contributed by atoms with Crippen LogP contribution in [0.5, 0.6) is 0 Å². The highest BCUT2D eigenvalue weighted by Crippen LogP contribution is 2.64. The lowest BCUT2D eigenvalue weighted by Crippen LogP contribution is -2.43. The Morgan fingerprint density at radius 1 is 1.26 bits per heavy atom. The second-order valence-electron chi connectivity index (χ2n) is 8.39. The number of aromatic amines is 1. The molecule has 1 aliphatic heterocycles. The van der Waals surface area contributed by atoms with Crippen molar-refractivity contribution in [2.75, 3.05) is 13.1 Å². The van der Waals surface area contributed by atoms with Crippen molar-refractivity contribution in [3.63, 3.8) is 0 Å². The van der Waals surface area contributed by atoms with Crippen LogP contribution in [0.1, 0.15) is 41.7 Å². The monoisotopic (exact) mass is 434 g/mol. The molecule has 11 heteroatoms. The summed E-state index contributed by atoms with van der Waals surface area (Å²) in [6.45, 7) is 2.27. The smallest absolute Gasteiger partial charge is 0.339 e. The second kappa shape index (κ2) is 6.69. The number of fused-ring (bicyclic) bond motifs is 1. The van der Waals surface area contributed by atoms with Gasteiger partial charge in [-0.05, 0) is 50.7 Å². The zero-order valence-corrected chi connectivity index (χ0v) is 16.8. The Morgan fingerprint density at radius 3 is 2.61 bits per heavy atom. The number of alkyl halides is 3. The summed E-state index contributed by atoms with van der Waals surface area (Å²) in [5, 5.41) is 8.51. The number of halogens is 3. The van der Waals surface area contributed by atoms with E-state index in [9.17, 15) is 22.8 Å². The van der Waals surface area contributed by atoms with Gasteiger partial charge >= 0.3 is 6.18 Å². The summed E-state index contributed by atoms with van der Waals surface area (Å²) in [6.07, 6.45) is -0.0597. The van der Waals surface area contributed by atoms with Crippen molar-refractivity contribution in [2.45, 2.75) is 38.8 Å². The molecule has 2 fully saturated rings. The minimum absolute atomic E-state index is 0.171. The Labute approximate surface area is 174 Å². The van der Waals surface area contributed by atoms with Gasteiger partial charge in [0.25, 0.3) is 11.5 Å². The van der Waals surface area contributed by atoms with Crippen molar-refractivity contribution in [3.05, 3.63) is 46.1 Å². The molecule has 3 aromatic heterocycles. The Hall–Kier alpha value is -3.11. The molecule has 0 atom stereocenters. The fraction of sp³-hybridized carbons (Fsp3) is 0.500. The van der Waals surface area contributed by atoms with Crippen molar-refractivity contribution < 1.29 is 18.0 Å². The Morgan fingerprint density at radius 2 is 1.97 bits per heavy atom. The molecule has 8 nitrogen and oxygen atoms in total. The highest BCUT2D eigenvalue weighted by molar-refractivity contribution is 5.95. The van der Waals surface area contributed by atoms with E-state index in [0.717, 1.165) is 0 Å². The number of carbonyl (C=O) groups is 1. The first-order valence-electron chi connectivity index (χ1n) is 10.2. The van der Waals surface area contributed by atoms with Crippen molar-refractivity contribution >= 4 is 11.4 Å². The summed E-state index contributed by atoms with van der Waals surface area (Å²) < 4.78 is 43.0. The number of amides is 1. The standard InChI is InChI=1S/C20H21F3N6O2/c1-12-14(11-24-29(12)18-25-16(30)15-3-2-8-28(15)26-18)17(31)27-9-4-13(5-10-27)19(6-7-19)20(21,22)23/h2-3,8,11,13H,4-7,9-10H2,1H3,(H,25,26,30). The molecule has 2 aliphatic rings. The Kier molecular flexibility index (Phi) is 4.28. The lowest BCUT2D eigenvalue weighted by Gasteiger charge is -2.37. The lowest BCUT2D eigenvalue weighted by molar-refractivity contribution is -0.206. The number of nitrogens with one attached hydrogen (secondary N) is 1. The van der Waals surface area contributed by atoms with Crippen LogP contribution in [0, 0.1) is 18.3 Å². The van der Waals surface area contributed by atoms with Crippen LogP contribution in [-0.4, -0.2) is 54.5 Å². The van der Waals surface area contributed by atoms with Crippen LogP contribution in [-0.2, 0) is 0 Å². The van der Waals surface area contributed by atoms with E-state index < -0.39 is 17.5 Å². The van der Waals surface area contributed by atoms with Gasteiger partial charge in [-0.1, -0.05) is 0 Å². The van der Waals surface area contributed by atoms with Gasteiger partial charge in [0, 0.05) is 19.3 Å². The molecule has 5 rings (SSSR count). The largest absolute Gasteiger partial charge is 0.394 e. The molecule has 0 spiro atoms. The molecular formula is C20H21F3N6O2. The predicted octanol–water partition coefficient (Wildman–Crippen LogP) is 2.71. The molecule has 0 unspecified atom stereocenters. The molecule has 164 valence electrons. The molecule has 0 aromatic carbocycles. The van der Waals surface area contributed by atoms with Crippen LogP contribution in [0.25, 0.3) is 11.5 Å². The Bertz CT molecular complexity index is 1210. The van der Waals surface area contributed by atoms with Gasteiger partial charge in [-0.3, -0.25) is 14.6 Å². The molecular weight excluding hydrogens is 413 g/mol. The number of piperidine rings is 1. The minimum atomic E-state index is -4.17. The Balaban J connectivity index is 1.34. The zero-order valence-electron chi connectivity index (χ0n) is 16.8. The maximum Gasteiger partial charge on any atom is 0.394 e. The van der Waals surface area contributed by atoms with E-state index in [1.165, 1.54) is 15.4 Å². The molecule has 1 N–H and O–H groups in total. The van der Waals surface area contributed by atoms with Gasteiger partial charge in [0.15, 0.2) is 0 Å². The van der Waals surface area contributed by atoms with Crippen molar-refractivity contribution in [1.29, 1.82) is 0 Å². The number of hydrogen-bond acceptors (Lipinski definition) is 4. The van der Waals surface area contributed by atoms with E-state index in [2.05, 4.69) is 15.2 Å². The maximum atomic E-state index is 13.4. The summed E-state index contributed by atoms with van der Waals surface area (Å²) in [6, 6.07) is 3.33. The second-order valence-corrected chi connectivity index (χ2v) is 8.39. The summed E-state index contributed by atoms with van der Waals surface area (Å²) >= 11 is 0. The summed E-state index contributed by atoms with van der Waals surface area (Å²) in [5.41, 5.74) is -0.655. The van der Waals surface area contributed by atoms with Crippen LogP contribution in [0.2, 0.25) is 0 Å².